The van der Waals surface area contributed by atoms with Crippen LogP contribution in [0.15, 0.2) is 60.8 Å². The number of piperidine rings is 1. The van der Waals surface area contributed by atoms with Crippen LogP contribution in [0.25, 0.3) is 11.4 Å². The van der Waals surface area contributed by atoms with E-state index in [1.807, 2.05) is 6.07 Å². The number of hydrogen-bond donors (Lipinski definition) is 1. The zero-order valence-corrected chi connectivity index (χ0v) is 18.0. The Labute approximate surface area is 187 Å². The van der Waals surface area contributed by atoms with Crippen molar-refractivity contribution in [2.45, 2.75) is 38.1 Å². The number of nitrogens with one attached hydrogen (secondary N) is 1. The third kappa shape index (κ3) is 4.79. The molecule has 1 aromatic heterocycles. The van der Waals surface area contributed by atoms with Crippen LogP contribution in [0.4, 0.5) is 10.2 Å². The average molecular weight is 431 g/mol. The highest BCUT2D eigenvalue weighted by Crippen LogP contribution is 2.29. The molecule has 0 bridgehead atoms. The summed E-state index contributed by atoms with van der Waals surface area (Å²) in [6, 6.07) is 17.0. The van der Waals surface area contributed by atoms with Crippen LogP contribution < -0.4 is 10.2 Å². The van der Waals surface area contributed by atoms with E-state index >= 15 is 0 Å². The molecule has 1 saturated heterocycles. The highest BCUT2D eigenvalue weighted by molar-refractivity contribution is 5.99. The number of carbonyl (C=O) groups is 1. The Morgan fingerprint density at radius 1 is 1.00 bits per heavy atom. The van der Waals surface area contributed by atoms with E-state index in [1.165, 1.54) is 17.7 Å². The van der Waals surface area contributed by atoms with E-state index in [1.54, 1.807) is 18.3 Å². The lowest BCUT2D eigenvalue weighted by Gasteiger charge is -2.34. The summed E-state index contributed by atoms with van der Waals surface area (Å²) in [4.78, 5) is 24.3. The Morgan fingerprint density at radius 2 is 1.72 bits per heavy atom. The highest BCUT2D eigenvalue weighted by atomic mass is 19.1. The zero-order valence-electron chi connectivity index (χ0n) is 18.0. The molecule has 32 heavy (non-hydrogen) atoms. The maximum Gasteiger partial charge on any atom is 0.256 e. The maximum absolute atomic E-state index is 13.4. The molecule has 0 unspecified atom stereocenters. The molecular formula is C26H27FN4O. The van der Waals surface area contributed by atoms with Gasteiger partial charge in [-0.3, -0.25) is 4.79 Å². The van der Waals surface area contributed by atoms with Crippen molar-refractivity contribution in [2.75, 3.05) is 18.0 Å². The Kier molecular flexibility index (Phi) is 5.84. The van der Waals surface area contributed by atoms with Crippen LogP contribution in [0.1, 0.15) is 41.6 Å². The minimum atomic E-state index is -0.296. The van der Waals surface area contributed by atoms with Crippen molar-refractivity contribution in [1.29, 1.82) is 0 Å². The van der Waals surface area contributed by atoms with E-state index in [4.69, 9.17) is 4.98 Å². The van der Waals surface area contributed by atoms with Gasteiger partial charge in [-0.25, -0.2) is 14.4 Å². The second kappa shape index (κ2) is 9.07. The second-order valence-electron chi connectivity index (χ2n) is 8.81. The standard InChI is InChI=1S/C26H27FN4O/c27-21-8-6-20(7-9-21)24-28-17-23(26(32)29-22-10-11-22)25(30-24)31-14-12-19(13-15-31)16-18-4-2-1-3-5-18/h1-9,17,19,22H,10-16H2,(H,29,32). The zero-order chi connectivity index (χ0) is 21.9. The monoisotopic (exact) mass is 430 g/mol. The molecule has 2 aromatic carbocycles. The van der Waals surface area contributed by atoms with Crippen LogP contribution in [-0.2, 0) is 6.42 Å². The first-order chi connectivity index (χ1) is 15.7. The van der Waals surface area contributed by atoms with E-state index in [0.717, 1.165) is 50.8 Å². The lowest BCUT2D eigenvalue weighted by Crippen LogP contribution is -2.37. The molecule has 1 amide bonds. The number of amides is 1. The first-order valence-corrected chi connectivity index (χ1v) is 11.4. The molecule has 0 radical (unpaired) electrons. The van der Waals surface area contributed by atoms with Gasteiger partial charge in [-0.15, -0.1) is 0 Å². The summed E-state index contributed by atoms with van der Waals surface area (Å²) in [5.74, 6) is 1.40. The van der Waals surface area contributed by atoms with Crippen LogP contribution in [0.5, 0.6) is 0 Å². The summed E-state index contributed by atoms with van der Waals surface area (Å²) in [6.07, 6.45) is 6.85. The highest BCUT2D eigenvalue weighted by Gasteiger charge is 2.29. The number of hydrogen-bond acceptors (Lipinski definition) is 4. The van der Waals surface area contributed by atoms with Crippen LogP contribution in [0, 0.1) is 11.7 Å². The van der Waals surface area contributed by atoms with Crippen LogP contribution in [0.2, 0.25) is 0 Å². The number of rotatable bonds is 6. The lowest BCUT2D eigenvalue weighted by molar-refractivity contribution is 0.0951. The number of halogens is 1. The molecular weight excluding hydrogens is 403 g/mol. The Morgan fingerprint density at radius 3 is 2.41 bits per heavy atom. The van der Waals surface area contributed by atoms with Crippen molar-refractivity contribution in [1.82, 2.24) is 15.3 Å². The van der Waals surface area contributed by atoms with Gasteiger partial charge in [0.1, 0.15) is 17.2 Å². The van der Waals surface area contributed by atoms with Gasteiger partial charge in [0.05, 0.1) is 0 Å². The maximum atomic E-state index is 13.4. The molecule has 164 valence electrons. The summed E-state index contributed by atoms with van der Waals surface area (Å²) in [6.45, 7) is 1.70. The minimum absolute atomic E-state index is 0.112. The summed E-state index contributed by atoms with van der Waals surface area (Å²) >= 11 is 0. The summed E-state index contributed by atoms with van der Waals surface area (Å²) in [5.41, 5.74) is 2.63. The van der Waals surface area contributed by atoms with Crippen LogP contribution >= 0.6 is 0 Å². The van der Waals surface area contributed by atoms with Crippen molar-refractivity contribution in [2.24, 2.45) is 5.92 Å². The van der Waals surface area contributed by atoms with E-state index in [0.29, 0.717) is 23.1 Å². The predicted molar refractivity (Wildman–Crippen MR) is 123 cm³/mol. The van der Waals surface area contributed by atoms with Crippen molar-refractivity contribution in [3.63, 3.8) is 0 Å². The summed E-state index contributed by atoms with van der Waals surface area (Å²) < 4.78 is 13.4. The Bertz CT molecular complexity index is 1070. The van der Waals surface area contributed by atoms with Gasteiger partial charge in [-0.05, 0) is 67.9 Å². The van der Waals surface area contributed by atoms with Gasteiger partial charge in [0.2, 0.25) is 0 Å². The van der Waals surface area contributed by atoms with E-state index in [2.05, 4.69) is 39.5 Å². The molecule has 5 nitrogen and oxygen atoms in total. The average Bonchev–Trinajstić information content (AvgIpc) is 3.64. The quantitative estimate of drug-likeness (QED) is 0.619. The molecule has 2 fully saturated rings. The molecule has 6 heteroatoms. The third-order valence-corrected chi connectivity index (χ3v) is 6.31. The topological polar surface area (TPSA) is 58.1 Å². The van der Waals surface area contributed by atoms with Crippen LogP contribution in [0.3, 0.4) is 0 Å². The van der Waals surface area contributed by atoms with Gasteiger partial charge >= 0.3 is 0 Å². The van der Waals surface area contributed by atoms with Gasteiger partial charge in [0.25, 0.3) is 5.91 Å². The summed E-state index contributed by atoms with van der Waals surface area (Å²) in [7, 11) is 0. The Hall–Kier alpha value is -3.28. The van der Waals surface area contributed by atoms with Gasteiger partial charge in [-0.1, -0.05) is 30.3 Å². The van der Waals surface area contributed by atoms with Crippen molar-refractivity contribution in [3.05, 3.63) is 77.7 Å². The van der Waals surface area contributed by atoms with Crippen LogP contribution in [-0.4, -0.2) is 35.0 Å². The normalized spacial score (nSPS) is 16.7. The smallest absolute Gasteiger partial charge is 0.256 e. The number of carbonyl (C=O) groups excluding carboxylic acids is 1. The number of aromatic nitrogens is 2. The van der Waals surface area contributed by atoms with Gasteiger partial charge in [0.15, 0.2) is 5.82 Å². The molecule has 1 aliphatic heterocycles. The van der Waals surface area contributed by atoms with Gasteiger partial charge in [0, 0.05) is 30.9 Å². The molecule has 1 saturated carbocycles. The minimum Gasteiger partial charge on any atom is -0.356 e. The van der Waals surface area contributed by atoms with Crippen molar-refractivity contribution >= 4 is 11.7 Å². The van der Waals surface area contributed by atoms with Gasteiger partial charge in [-0.2, -0.15) is 0 Å². The molecule has 0 spiro atoms. The first kappa shape index (κ1) is 20.6. The second-order valence-corrected chi connectivity index (χ2v) is 8.81. The fourth-order valence-electron chi connectivity index (χ4n) is 4.30. The fourth-order valence-corrected chi connectivity index (χ4v) is 4.30. The SMILES string of the molecule is O=C(NC1CC1)c1cnc(-c2ccc(F)cc2)nc1N1CCC(Cc2ccccc2)CC1. The van der Waals surface area contributed by atoms with Crippen molar-refractivity contribution in [3.8, 4) is 11.4 Å². The third-order valence-electron chi connectivity index (χ3n) is 6.31. The molecule has 2 heterocycles. The molecule has 3 aromatic rings. The number of nitrogens with zero attached hydrogens (tertiary/aromatic N) is 3. The lowest BCUT2D eigenvalue weighted by atomic mass is 9.90. The molecule has 1 aliphatic carbocycles. The van der Waals surface area contributed by atoms with E-state index in [-0.39, 0.29) is 17.8 Å². The first-order valence-electron chi connectivity index (χ1n) is 11.4. The molecule has 1 N–H and O–H groups in total. The largest absolute Gasteiger partial charge is 0.356 e. The molecule has 0 atom stereocenters. The van der Waals surface area contributed by atoms with E-state index in [9.17, 15) is 9.18 Å². The predicted octanol–water partition coefficient (Wildman–Crippen LogP) is 4.63. The van der Waals surface area contributed by atoms with Gasteiger partial charge < -0.3 is 10.2 Å². The fraction of sp³-hybridized carbons (Fsp3) is 0.346. The van der Waals surface area contributed by atoms with E-state index < -0.39 is 0 Å². The molecule has 5 rings (SSSR count). The summed E-state index contributed by atoms with van der Waals surface area (Å²) in [5, 5.41) is 3.06. The number of anilines is 1. The Balaban J connectivity index is 1.37. The number of benzene rings is 2. The van der Waals surface area contributed by atoms with Crippen molar-refractivity contribution < 1.29 is 9.18 Å². The molecule has 2 aliphatic rings.